The molecule has 0 heterocycles. The predicted molar refractivity (Wildman–Crippen MR) is 55.8 cm³/mol. The van der Waals surface area contributed by atoms with Crippen LogP contribution in [-0.4, -0.2) is 32.7 Å². The number of benzene rings is 1. The van der Waals surface area contributed by atoms with Crippen LogP contribution in [0.3, 0.4) is 0 Å². The standard InChI is InChI=1S/C10H15NOSe/c11-6-10(12)8-13-7-9-4-2-1-3-5-9/h1-5,10,12H,6-8,11H2. The Labute approximate surface area is 85.3 Å². The van der Waals surface area contributed by atoms with E-state index in [0.29, 0.717) is 21.5 Å². The molecule has 3 N–H and O–H groups in total. The number of hydrogen-bond donors (Lipinski definition) is 2. The molecule has 3 heteroatoms. The Balaban J connectivity index is 2.20. The molecule has 1 atom stereocenters. The van der Waals surface area contributed by atoms with Crippen molar-refractivity contribution in [2.75, 3.05) is 6.54 Å². The summed E-state index contributed by atoms with van der Waals surface area (Å²) in [4.78, 5) is 0. The second kappa shape index (κ2) is 6.16. The van der Waals surface area contributed by atoms with Crippen molar-refractivity contribution in [2.45, 2.75) is 16.7 Å². The van der Waals surface area contributed by atoms with E-state index >= 15 is 0 Å². The average Bonchev–Trinajstić information content (AvgIpc) is 2.19. The fourth-order valence-corrected chi connectivity index (χ4v) is 2.96. The maximum atomic E-state index is 9.23. The number of rotatable bonds is 5. The second-order valence-corrected chi connectivity index (χ2v) is 5.05. The first kappa shape index (κ1) is 10.7. The van der Waals surface area contributed by atoms with Crippen molar-refractivity contribution in [2.24, 2.45) is 5.73 Å². The predicted octanol–water partition coefficient (Wildman–Crippen LogP) is 0.629. The molecule has 1 aromatic rings. The monoisotopic (exact) mass is 245 g/mol. The van der Waals surface area contributed by atoms with Crippen LogP contribution in [0.15, 0.2) is 30.3 Å². The van der Waals surface area contributed by atoms with E-state index in [4.69, 9.17) is 5.73 Å². The molecular weight excluding hydrogens is 229 g/mol. The van der Waals surface area contributed by atoms with Gasteiger partial charge >= 0.3 is 85.0 Å². The van der Waals surface area contributed by atoms with E-state index in [1.54, 1.807) is 0 Å². The van der Waals surface area contributed by atoms with E-state index in [0.717, 1.165) is 10.6 Å². The van der Waals surface area contributed by atoms with Crippen LogP contribution in [0.5, 0.6) is 0 Å². The summed E-state index contributed by atoms with van der Waals surface area (Å²) in [5, 5.41) is 11.2. The minimum absolute atomic E-state index is 0.302. The van der Waals surface area contributed by atoms with Crippen molar-refractivity contribution < 1.29 is 5.11 Å². The normalized spacial score (nSPS) is 12.8. The molecule has 0 aliphatic carbocycles. The van der Waals surface area contributed by atoms with Gasteiger partial charge in [-0.3, -0.25) is 0 Å². The molecule has 0 aliphatic rings. The molecule has 0 spiro atoms. The van der Waals surface area contributed by atoms with Gasteiger partial charge in [0.1, 0.15) is 0 Å². The summed E-state index contributed by atoms with van der Waals surface area (Å²) < 4.78 is 0. The zero-order valence-electron chi connectivity index (χ0n) is 7.52. The van der Waals surface area contributed by atoms with Crippen LogP contribution < -0.4 is 5.73 Å². The van der Waals surface area contributed by atoms with Crippen LogP contribution >= 0.6 is 0 Å². The van der Waals surface area contributed by atoms with Gasteiger partial charge in [0.25, 0.3) is 0 Å². The number of aliphatic hydroxyl groups is 1. The summed E-state index contributed by atoms with van der Waals surface area (Å²) in [5.41, 5.74) is 6.66. The van der Waals surface area contributed by atoms with Gasteiger partial charge in [0.2, 0.25) is 0 Å². The Morgan fingerprint density at radius 2 is 2.00 bits per heavy atom. The van der Waals surface area contributed by atoms with Gasteiger partial charge < -0.3 is 0 Å². The van der Waals surface area contributed by atoms with Gasteiger partial charge in [0.05, 0.1) is 0 Å². The van der Waals surface area contributed by atoms with Gasteiger partial charge in [0.15, 0.2) is 0 Å². The quantitative estimate of drug-likeness (QED) is 0.746. The van der Waals surface area contributed by atoms with Crippen LogP contribution in [-0.2, 0) is 5.32 Å². The summed E-state index contributed by atoms with van der Waals surface area (Å²) in [6.07, 6.45) is -0.302. The fourth-order valence-electron chi connectivity index (χ4n) is 0.955. The van der Waals surface area contributed by atoms with Gasteiger partial charge in [-0.1, -0.05) is 0 Å². The molecule has 0 aromatic heterocycles. The Morgan fingerprint density at radius 3 is 2.62 bits per heavy atom. The van der Waals surface area contributed by atoms with Crippen molar-refractivity contribution in [3.05, 3.63) is 35.9 Å². The third-order valence-electron chi connectivity index (χ3n) is 1.69. The van der Waals surface area contributed by atoms with Crippen LogP contribution in [0.2, 0.25) is 5.32 Å². The number of hydrogen-bond acceptors (Lipinski definition) is 2. The Bertz CT molecular complexity index is 228. The molecule has 0 saturated carbocycles. The van der Waals surface area contributed by atoms with Crippen LogP contribution in [0, 0.1) is 0 Å². The van der Waals surface area contributed by atoms with E-state index in [2.05, 4.69) is 12.1 Å². The molecular formula is C10H15NOSe. The molecule has 0 radical (unpaired) electrons. The van der Waals surface area contributed by atoms with Gasteiger partial charge in [-0.15, -0.1) is 0 Å². The maximum absolute atomic E-state index is 9.23. The molecule has 72 valence electrons. The SMILES string of the molecule is NCC(O)C[Se]Cc1ccccc1. The van der Waals surface area contributed by atoms with Crippen molar-refractivity contribution in [1.29, 1.82) is 0 Å². The van der Waals surface area contributed by atoms with Gasteiger partial charge in [0, 0.05) is 0 Å². The zero-order chi connectivity index (χ0) is 9.52. The molecule has 1 unspecified atom stereocenters. The van der Waals surface area contributed by atoms with Crippen LogP contribution in [0.1, 0.15) is 5.56 Å². The number of nitrogens with two attached hydrogens (primary N) is 1. The molecule has 0 saturated heterocycles. The molecule has 0 bridgehead atoms. The van der Waals surface area contributed by atoms with E-state index < -0.39 is 0 Å². The molecule has 1 aromatic carbocycles. The first-order valence-corrected chi connectivity index (χ1v) is 6.75. The number of aliphatic hydroxyl groups excluding tert-OH is 1. The Morgan fingerprint density at radius 1 is 1.31 bits per heavy atom. The molecule has 2 nitrogen and oxygen atoms in total. The van der Waals surface area contributed by atoms with Gasteiger partial charge in [-0.05, 0) is 0 Å². The Kier molecular flexibility index (Phi) is 5.09. The third-order valence-corrected chi connectivity index (χ3v) is 4.12. The molecule has 0 fully saturated rings. The molecule has 0 aliphatic heterocycles. The summed E-state index contributed by atoms with van der Waals surface area (Å²) >= 11 is 0.472. The van der Waals surface area contributed by atoms with Crippen LogP contribution in [0.25, 0.3) is 0 Å². The van der Waals surface area contributed by atoms with Crippen LogP contribution in [0.4, 0.5) is 0 Å². The minimum atomic E-state index is -0.302. The van der Waals surface area contributed by atoms with Crippen molar-refractivity contribution in [1.82, 2.24) is 0 Å². The van der Waals surface area contributed by atoms with Crippen molar-refractivity contribution in [3.8, 4) is 0 Å². The van der Waals surface area contributed by atoms with Crippen molar-refractivity contribution >= 4 is 15.0 Å². The topological polar surface area (TPSA) is 46.2 Å². The summed E-state index contributed by atoms with van der Waals surface area (Å²) in [5.74, 6) is 0. The summed E-state index contributed by atoms with van der Waals surface area (Å²) in [6, 6.07) is 10.4. The van der Waals surface area contributed by atoms with Crippen molar-refractivity contribution in [3.63, 3.8) is 0 Å². The molecule has 13 heavy (non-hydrogen) atoms. The average molecular weight is 244 g/mol. The Hall–Kier alpha value is -0.341. The summed E-state index contributed by atoms with van der Waals surface area (Å²) in [7, 11) is 0. The summed E-state index contributed by atoms with van der Waals surface area (Å²) in [6.45, 7) is 0.385. The van der Waals surface area contributed by atoms with E-state index in [1.165, 1.54) is 5.56 Å². The zero-order valence-corrected chi connectivity index (χ0v) is 9.23. The fraction of sp³-hybridized carbons (Fsp3) is 0.400. The molecule has 1 rings (SSSR count). The second-order valence-electron chi connectivity index (χ2n) is 2.89. The molecule has 0 amide bonds. The first-order valence-electron chi connectivity index (χ1n) is 4.32. The van der Waals surface area contributed by atoms with Gasteiger partial charge in [-0.2, -0.15) is 0 Å². The van der Waals surface area contributed by atoms with E-state index in [9.17, 15) is 5.11 Å². The third kappa shape index (κ3) is 4.44. The van der Waals surface area contributed by atoms with E-state index in [1.807, 2.05) is 18.2 Å². The van der Waals surface area contributed by atoms with Gasteiger partial charge in [-0.25, -0.2) is 0 Å². The first-order chi connectivity index (χ1) is 6.33. The van der Waals surface area contributed by atoms with E-state index in [-0.39, 0.29) is 6.10 Å².